The molecule has 31 heavy (non-hydrogen) atoms. The first-order valence-electron chi connectivity index (χ1n) is 10.6. The molecule has 1 N–H and O–H groups in total. The monoisotopic (exact) mass is 414 g/mol. The van der Waals surface area contributed by atoms with Gasteiger partial charge in [0.25, 0.3) is 11.8 Å². The van der Waals surface area contributed by atoms with Crippen LogP contribution in [0.2, 0.25) is 0 Å². The van der Waals surface area contributed by atoms with Crippen LogP contribution in [0.25, 0.3) is 11.1 Å². The number of hydrogen-bond acceptors (Lipinski definition) is 4. The summed E-state index contributed by atoms with van der Waals surface area (Å²) in [7, 11) is 0. The summed E-state index contributed by atoms with van der Waals surface area (Å²) in [6.45, 7) is 4.29. The minimum absolute atomic E-state index is 0.0720. The Morgan fingerprint density at radius 1 is 0.806 bits per heavy atom. The summed E-state index contributed by atoms with van der Waals surface area (Å²) in [4.78, 5) is 33.1. The van der Waals surface area contributed by atoms with Crippen LogP contribution < -0.4 is 5.32 Å². The number of carbonyl (C=O) groups is 2. The lowest BCUT2D eigenvalue weighted by Crippen LogP contribution is -2.50. The topological polar surface area (TPSA) is 65.5 Å². The van der Waals surface area contributed by atoms with Gasteiger partial charge in [-0.1, -0.05) is 48.5 Å². The zero-order valence-electron chi connectivity index (χ0n) is 17.4. The van der Waals surface area contributed by atoms with Crippen LogP contribution in [0.15, 0.2) is 79.0 Å². The van der Waals surface area contributed by atoms with Gasteiger partial charge in [0.2, 0.25) is 0 Å². The van der Waals surface area contributed by atoms with Gasteiger partial charge in [0.15, 0.2) is 0 Å². The van der Waals surface area contributed by atoms with Crippen LogP contribution in [0.4, 0.5) is 0 Å². The highest BCUT2D eigenvalue weighted by atomic mass is 16.2. The van der Waals surface area contributed by atoms with Crippen molar-refractivity contribution in [3.05, 3.63) is 90.3 Å². The van der Waals surface area contributed by atoms with Gasteiger partial charge < -0.3 is 10.2 Å². The lowest BCUT2D eigenvalue weighted by atomic mass is 10.0. The zero-order valence-corrected chi connectivity index (χ0v) is 17.4. The lowest BCUT2D eigenvalue weighted by molar-refractivity contribution is 0.0638. The van der Waals surface area contributed by atoms with Crippen molar-refractivity contribution in [1.29, 1.82) is 0 Å². The van der Waals surface area contributed by atoms with Crippen LogP contribution >= 0.6 is 0 Å². The summed E-state index contributed by atoms with van der Waals surface area (Å²) in [5.41, 5.74) is 3.40. The molecular formula is C25H26N4O2. The molecule has 2 aromatic carbocycles. The molecule has 3 aromatic rings. The third-order valence-corrected chi connectivity index (χ3v) is 5.51. The molecule has 0 unspecified atom stereocenters. The van der Waals surface area contributed by atoms with Gasteiger partial charge in [0.05, 0.1) is 0 Å². The summed E-state index contributed by atoms with van der Waals surface area (Å²) in [5.74, 6) is -0.0870. The van der Waals surface area contributed by atoms with Gasteiger partial charge in [-0.15, -0.1) is 0 Å². The molecule has 0 saturated carbocycles. The van der Waals surface area contributed by atoms with E-state index >= 15 is 0 Å². The van der Waals surface area contributed by atoms with E-state index in [9.17, 15) is 9.59 Å². The largest absolute Gasteiger partial charge is 0.349 e. The maximum Gasteiger partial charge on any atom is 0.269 e. The lowest BCUT2D eigenvalue weighted by Gasteiger charge is -2.34. The van der Waals surface area contributed by atoms with Crippen LogP contribution in [-0.2, 0) is 0 Å². The third-order valence-electron chi connectivity index (χ3n) is 5.51. The van der Waals surface area contributed by atoms with Crippen molar-refractivity contribution in [3.63, 3.8) is 0 Å². The molecule has 1 saturated heterocycles. The number of hydrogen-bond donors (Lipinski definition) is 1. The van der Waals surface area contributed by atoms with Gasteiger partial charge in [-0.25, -0.2) is 0 Å². The second-order valence-electron chi connectivity index (χ2n) is 7.55. The van der Waals surface area contributed by atoms with E-state index in [-0.39, 0.29) is 11.8 Å². The molecule has 158 valence electrons. The van der Waals surface area contributed by atoms with Crippen molar-refractivity contribution >= 4 is 11.8 Å². The van der Waals surface area contributed by atoms with E-state index in [1.165, 1.54) is 0 Å². The fourth-order valence-electron chi connectivity index (χ4n) is 3.71. The molecule has 1 aliphatic rings. The molecule has 0 bridgehead atoms. The highest BCUT2D eigenvalue weighted by molar-refractivity contribution is 5.95. The standard InChI is InChI=1S/C25H26N4O2/c30-24(23-8-4-5-13-26-23)27-14-15-28-16-18-29(19-17-28)25(31)22-11-9-21(10-12-22)20-6-2-1-3-7-20/h1-13H,14-19H2,(H,27,30). The Morgan fingerprint density at radius 3 is 2.16 bits per heavy atom. The predicted octanol–water partition coefficient (Wildman–Crippen LogP) is 2.94. The van der Waals surface area contributed by atoms with Gasteiger partial charge >= 0.3 is 0 Å². The minimum atomic E-state index is -0.159. The Kier molecular flexibility index (Phi) is 6.69. The number of rotatable bonds is 6. The maximum absolute atomic E-state index is 12.9. The number of piperazine rings is 1. The van der Waals surface area contributed by atoms with Gasteiger partial charge in [-0.3, -0.25) is 19.5 Å². The van der Waals surface area contributed by atoms with Gasteiger partial charge in [0, 0.05) is 51.0 Å². The summed E-state index contributed by atoms with van der Waals surface area (Å²) in [6, 6.07) is 23.3. The molecule has 6 nitrogen and oxygen atoms in total. The number of benzene rings is 2. The fourth-order valence-corrected chi connectivity index (χ4v) is 3.71. The Labute approximate surface area is 182 Å². The second-order valence-corrected chi connectivity index (χ2v) is 7.55. The van der Waals surface area contributed by atoms with Crippen molar-refractivity contribution in [2.45, 2.75) is 0 Å². The molecule has 2 heterocycles. The van der Waals surface area contributed by atoms with Crippen LogP contribution in [0.5, 0.6) is 0 Å². The van der Waals surface area contributed by atoms with E-state index in [1.807, 2.05) is 47.4 Å². The normalized spacial score (nSPS) is 14.3. The summed E-state index contributed by atoms with van der Waals surface area (Å²) in [5, 5.41) is 2.90. The Hall–Kier alpha value is -3.51. The number of pyridine rings is 1. The smallest absolute Gasteiger partial charge is 0.269 e. The third kappa shape index (κ3) is 5.35. The second kappa shape index (κ2) is 10.00. The molecule has 4 rings (SSSR count). The molecule has 0 spiro atoms. The SMILES string of the molecule is O=C(NCCN1CCN(C(=O)c2ccc(-c3ccccc3)cc2)CC1)c1ccccn1. The first-order valence-corrected chi connectivity index (χ1v) is 10.6. The molecule has 0 radical (unpaired) electrons. The molecule has 1 fully saturated rings. The number of nitrogens with one attached hydrogen (secondary N) is 1. The summed E-state index contributed by atoms with van der Waals surface area (Å²) >= 11 is 0. The average molecular weight is 415 g/mol. The average Bonchev–Trinajstić information content (AvgIpc) is 2.85. The van der Waals surface area contributed by atoms with Crippen molar-refractivity contribution in [2.75, 3.05) is 39.3 Å². The van der Waals surface area contributed by atoms with Crippen LogP contribution in [-0.4, -0.2) is 65.9 Å². The van der Waals surface area contributed by atoms with E-state index in [1.54, 1.807) is 24.4 Å². The molecular weight excluding hydrogens is 388 g/mol. The molecule has 2 amide bonds. The zero-order chi connectivity index (χ0) is 21.5. The highest BCUT2D eigenvalue weighted by Gasteiger charge is 2.22. The van der Waals surface area contributed by atoms with Crippen molar-refractivity contribution in [1.82, 2.24) is 20.1 Å². The number of carbonyl (C=O) groups excluding carboxylic acids is 2. The highest BCUT2D eigenvalue weighted by Crippen LogP contribution is 2.20. The molecule has 0 aliphatic carbocycles. The number of nitrogens with zero attached hydrogens (tertiary/aromatic N) is 3. The molecule has 1 aliphatic heterocycles. The Bertz CT molecular complexity index is 999. The van der Waals surface area contributed by atoms with E-state index in [0.29, 0.717) is 25.3 Å². The van der Waals surface area contributed by atoms with Gasteiger partial charge in [-0.05, 0) is 35.4 Å². The van der Waals surface area contributed by atoms with Crippen molar-refractivity contribution in [3.8, 4) is 11.1 Å². The summed E-state index contributed by atoms with van der Waals surface area (Å²) < 4.78 is 0. The van der Waals surface area contributed by atoms with Crippen molar-refractivity contribution < 1.29 is 9.59 Å². The number of amides is 2. The fraction of sp³-hybridized carbons (Fsp3) is 0.240. The Morgan fingerprint density at radius 2 is 1.48 bits per heavy atom. The quantitative estimate of drug-likeness (QED) is 0.674. The van der Waals surface area contributed by atoms with Crippen LogP contribution in [0, 0.1) is 0 Å². The first-order chi connectivity index (χ1) is 15.2. The summed E-state index contributed by atoms with van der Waals surface area (Å²) in [6.07, 6.45) is 1.61. The number of aromatic nitrogens is 1. The van der Waals surface area contributed by atoms with E-state index in [0.717, 1.165) is 36.3 Å². The Balaban J connectivity index is 1.23. The van der Waals surface area contributed by atoms with Crippen LogP contribution in [0.3, 0.4) is 0 Å². The van der Waals surface area contributed by atoms with E-state index in [4.69, 9.17) is 0 Å². The van der Waals surface area contributed by atoms with Gasteiger partial charge in [-0.2, -0.15) is 0 Å². The van der Waals surface area contributed by atoms with Crippen LogP contribution in [0.1, 0.15) is 20.8 Å². The maximum atomic E-state index is 12.9. The van der Waals surface area contributed by atoms with E-state index < -0.39 is 0 Å². The van der Waals surface area contributed by atoms with E-state index in [2.05, 4.69) is 27.3 Å². The van der Waals surface area contributed by atoms with Crippen molar-refractivity contribution in [2.24, 2.45) is 0 Å². The molecule has 1 aromatic heterocycles. The molecule has 0 atom stereocenters. The first kappa shape index (κ1) is 20.8. The predicted molar refractivity (Wildman–Crippen MR) is 121 cm³/mol. The van der Waals surface area contributed by atoms with Gasteiger partial charge in [0.1, 0.15) is 5.69 Å². The minimum Gasteiger partial charge on any atom is -0.349 e. The molecule has 6 heteroatoms.